The van der Waals surface area contributed by atoms with Crippen molar-refractivity contribution in [3.05, 3.63) is 0 Å². The number of carbonyl (C=O) groups is 2. The Bertz CT molecular complexity index is 521. The quantitative estimate of drug-likeness (QED) is 0.0997. The van der Waals surface area contributed by atoms with Crippen molar-refractivity contribution >= 4 is 11.9 Å². The van der Waals surface area contributed by atoms with E-state index in [4.69, 9.17) is 19.7 Å². The standard InChI is InChI=1S/C16H31NO13/c1-8(21)17-4-12(14(26)10(23)6-20)30-16(2-3-18,15(27)28)29-7-11(24)13(25)9(22)5-19/h9-14,18-20,22-26H,2-7H2,1H3,(H,17,21)(H,27,28)/t9?,10-,11?,12?,13-,14-,16-/m1/s1. The fraction of sp³-hybridized carbons (Fsp3) is 0.875. The first-order chi connectivity index (χ1) is 13.9. The number of carboxylic acid groups (broad SMARTS) is 1. The lowest BCUT2D eigenvalue weighted by atomic mass is 10.1. The number of ether oxygens (including phenoxy) is 2. The molecule has 7 atom stereocenters. The number of carbonyl (C=O) groups excluding carboxylic acids is 1. The molecule has 14 nitrogen and oxygen atoms in total. The number of aliphatic hydroxyl groups excluding tert-OH is 8. The molecule has 0 aliphatic carbocycles. The first kappa shape index (κ1) is 28.5. The third-order valence-electron chi connectivity index (χ3n) is 4.09. The predicted octanol–water partition coefficient (Wildman–Crippen LogP) is -5.52. The van der Waals surface area contributed by atoms with Gasteiger partial charge in [-0.15, -0.1) is 0 Å². The van der Waals surface area contributed by atoms with Crippen molar-refractivity contribution in [1.82, 2.24) is 5.32 Å². The van der Waals surface area contributed by atoms with Crippen molar-refractivity contribution in [3.63, 3.8) is 0 Å². The number of carboxylic acids is 1. The first-order valence-electron chi connectivity index (χ1n) is 8.98. The molecular weight excluding hydrogens is 414 g/mol. The normalized spacial score (nSPS) is 19.8. The van der Waals surface area contributed by atoms with Crippen molar-refractivity contribution < 1.29 is 65.0 Å². The van der Waals surface area contributed by atoms with Gasteiger partial charge in [-0.25, -0.2) is 4.79 Å². The van der Waals surface area contributed by atoms with Gasteiger partial charge in [0.25, 0.3) is 5.79 Å². The van der Waals surface area contributed by atoms with Gasteiger partial charge in [0.2, 0.25) is 5.91 Å². The largest absolute Gasteiger partial charge is 0.477 e. The molecule has 0 aromatic rings. The molecule has 14 heteroatoms. The number of rotatable bonds is 16. The van der Waals surface area contributed by atoms with Gasteiger partial charge >= 0.3 is 5.97 Å². The number of aliphatic carboxylic acids is 1. The van der Waals surface area contributed by atoms with E-state index < -0.39 is 93.7 Å². The van der Waals surface area contributed by atoms with Gasteiger partial charge in [0.1, 0.15) is 36.6 Å². The topological polar surface area (TPSA) is 247 Å². The van der Waals surface area contributed by atoms with Crippen LogP contribution in [0.4, 0.5) is 0 Å². The molecule has 0 aliphatic rings. The maximum Gasteiger partial charge on any atom is 0.364 e. The summed E-state index contributed by atoms with van der Waals surface area (Å²) in [7, 11) is 0. The first-order valence-corrected chi connectivity index (χ1v) is 8.98. The molecular formula is C16H31NO13. The zero-order chi connectivity index (χ0) is 23.5. The van der Waals surface area contributed by atoms with Crippen molar-refractivity contribution in [2.45, 2.75) is 55.8 Å². The highest BCUT2D eigenvalue weighted by Crippen LogP contribution is 2.24. The molecule has 10 N–H and O–H groups in total. The highest BCUT2D eigenvalue weighted by atomic mass is 16.7. The number of amides is 1. The Labute approximate surface area is 171 Å². The van der Waals surface area contributed by atoms with E-state index in [1.54, 1.807) is 0 Å². The van der Waals surface area contributed by atoms with E-state index in [1.807, 2.05) is 0 Å². The highest BCUT2D eigenvalue weighted by molar-refractivity contribution is 5.75. The van der Waals surface area contributed by atoms with Gasteiger partial charge in [-0.3, -0.25) is 4.79 Å². The lowest BCUT2D eigenvalue weighted by Gasteiger charge is -2.36. The number of hydrogen-bond acceptors (Lipinski definition) is 12. The number of hydrogen-bond donors (Lipinski definition) is 10. The van der Waals surface area contributed by atoms with Crippen LogP contribution in [0.25, 0.3) is 0 Å². The minimum absolute atomic E-state index is 0.522. The Hall–Kier alpha value is -1.46. The van der Waals surface area contributed by atoms with E-state index in [2.05, 4.69) is 5.32 Å². The Balaban J connectivity index is 5.65. The van der Waals surface area contributed by atoms with E-state index in [1.165, 1.54) is 0 Å². The third-order valence-corrected chi connectivity index (χ3v) is 4.09. The molecule has 0 aliphatic heterocycles. The summed E-state index contributed by atoms with van der Waals surface area (Å²) in [5.74, 6) is -5.13. The summed E-state index contributed by atoms with van der Waals surface area (Å²) in [6, 6.07) is 0. The van der Waals surface area contributed by atoms with Gasteiger partial charge in [0.15, 0.2) is 0 Å². The van der Waals surface area contributed by atoms with Crippen LogP contribution >= 0.6 is 0 Å². The van der Waals surface area contributed by atoms with E-state index in [9.17, 15) is 45.3 Å². The van der Waals surface area contributed by atoms with Crippen LogP contribution in [0, 0.1) is 0 Å². The van der Waals surface area contributed by atoms with Crippen molar-refractivity contribution in [3.8, 4) is 0 Å². The summed E-state index contributed by atoms with van der Waals surface area (Å²) in [4.78, 5) is 23.0. The van der Waals surface area contributed by atoms with Crippen LogP contribution in [-0.4, -0.2) is 133 Å². The number of nitrogens with one attached hydrogen (secondary N) is 1. The van der Waals surface area contributed by atoms with Crippen LogP contribution < -0.4 is 5.32 Å². The lowest BCUT2D eigenvalue weighted by molar-refractivity contribution is -0.287. The second-order valence-corrected chi connectivity index (χ2v) is 6.48. The van der Waals surface area contributed by atoms with E-state index in [0.29, 0.717) is 0 Å². The molecule has 0 spiro atoms. The molecule has 0 aromatic carbocycles. The van der Waals surface area contributed by atoms with Crippen molar-refractivity contribution in [1.29, 1.82) is 0 Å². The van der Waals surface area contributed by atoms with Gasteiger partial charge in [0, 0.05) is 26.5 Å². The minimum Gasteiger partial charge on any atom is -0.477 e. The summed E-state index contributed by atoms with van der Waals surface area (Å²) < 4.78 is 10.3. The van der Waals surface area contributed by atoms with Gasteiger partial charge in [-0.1, -0.05) is 0 Å². The molecule has 0 saturated carbocycles. The minimum atomic E-state index is -2.72. The van der Waals surface area contributed by atoms with Crippen LogP contribution in [0.3, 0.4) is 0 Å². The monoisotopic (exact) mass is 445 g/mol. The second-order valence-electron chi connectivity index (χ2n) is 6.48. The van der Waals surface area contributed by atoms with Gasteiger partial charge in [0.05, 0.1) is 19.8 Å². The average Bonchev–Trinajstić information content (AvgIpc) is 2.71. The van der Waals surface area contributed by atoms with Crippen LogP contribution in [0.2, 0.25) is 0 Å². The summed E-state index contributed by atoms with van der Waals surface area (Å²) in [6.45, 7) is -2.99. The van der Waals surface area contributed by atoms with Crippen LogP contribution in [0.5, 0.6) is 0 Å². The van der Waals surface area contributed by atoms with Crippen LogP contribution in [-0.2, 0) is 19.1 Å². The maximum absolute atomic E-state index is 11.8. The fourth-order valence-corrected chi connectivity index (χ4v) is 2.29. The van der Waals surface area contributed by atoms with Gasteiger partial charge in [-0.05, 0) is 0 Å². The van der Waals surface area contributed by atoms with Crippen LogP contribution in [0.1, 0.15) is 13.3 Å². The average molecular weight is 445 g/mol. The molecule has 30 heavy (non-hydrogen) atoms. The molecule has 1 amide bonds. The summed E-state index contributed by atoms with van der Waals surface area (Å²) in [5.41, 5.74) is 0. The highest BCUT2D eigenvalue weighted by Gasteiger charge is 2.46. The third kappa shape index (κ3) is 8.73. The second kappa shape index (κ2) is 13.8. The van der Waals surface area contributed by atoms with E-state index in [-0.39, 0.29) is 0 Å². The SMILES string of the molecule is CC(=O)NCC(O[C@@](CCO)(OCC(O)[C@H](O)C(O)CO)C(=O)O)[C@H](O)[C@H](O)CO. The van der Waals surface area contributed by atoms with Gasteiger partial charge in [-0.2, -0.15) is 0 Å². The zero-order valence-corrected chi connectivity index (χ0v) is 16.4. The van der Waals surface area contributed by atoms with Crippen molar-refractivity contribution in [2.75, 3.05) is 33.0 Å². The molecule has 0 aromatic heterocycles. The zero-order valence-electron chi connectivity index (χ0n) is 16.4. The molecule has 0 rings (SSSR count). The Morgan fingerprint density at radius 1 is 0.933 bits per heavy atom. The Morgan fingerprint density at radius 3 is 1.90 bits per heavy atom. The molecule has 3 unspecified atom stereocenters. The summed E-state index contributed by atoms with van der Waals surface area (Å²) >= 11 is 0. The van der Waals surface area contributed by atoms with E-state index >= 15 is 0 Å². The predicted molar refractivity (Wildman–Crippen MR) is 95.8 cm³/mol. The molecule has 0 bridgehead atoms. The summed E-state index contributed by atoms with van der Waals surface area (Å²) in [5, 5.41) is 87.5. The van der Waals surface area contributed by atoms with Crippen LogP contribution in [0.15, 0.2) is 0 Å². The maximum atomic E-state index is 11.8. The van der Waals surface area contributed by atoms with E-state index in [0.717, 1.165) is 6.92 Å². The molecule has 0 radical (unpaired) electrons. The summed E-state index contributed by atoms with van der Waals surface area (Å²) in [6.07, 6.45) is -11.6. The number of aliphatic hydroxyl groups is 8. The molecule has 0 saturated heterocycles. The fourth-order valence-electron chi connectivity index (χ4n) is 2.29. The smallest absolute Gasteiger partial charge is 0.364 e. The lowest BCUT2D eigenvalue weighted by Crippen LogP contribution is -2.56. The Morgan fingerprint density at radius 2 is 1.47 bits per heavy atom. The van der Waals surface area contributed by atoms with Crippen molar-refractivity contribution in [2.24, 2.45) is 0 Å². The molecule has 0 heterocycles. The molecule has 0 fully saturated rings. The Kier molecular flexibility index (Phi) is 13.1. The van der Waals surface area contributed by atoms with Gasteiger partial charge < -0.3 is 60.7 Å². The molecule has 178 valence electrons.